The third-order valence-electron chi connectivity index (χ3n) is 13.7. The summed E-state index contributed by atoms with van der Waals surface area (Å²) in [6.07, 6.45) is 0. The van der Waals surface area contributed by atoms with Gasteiger partial charge in [0.05, 0.1) is 27.9 Å². The first-order valence-electron chi connectivity index (χ1n) is 23.1. The van der Waals surface area contributed by atoms with Crippen LogP contribution in [0.25, 0.3) is 138 Å². The van der Waals surface area contributed by atoms with Crippen molar-refractivity contribution in [1.82, 2.24) is 14.4 Å². The van der Waals surface area contributed by atoms with Crippen LogP contribution in [0, 0.1) is 0 Å². The Morgan fingerprint density at radius 2 is 0.750 bits per heavy atom. The van der Waals surface area contributed by atoms with Gasteiger partial charge in [-0.05, 0) is 81.4 Å². The minimum atomic E-state index is 0.708. The zero-order chi connectivity index (χ0) is 44.7. The van der Waals surface area contributed by atoms with E-state index < -0.39 is 0 Å². The molecule has 0 saturated carbocycles. The van der Waals surface area contributed by atoms with Crippen LogP contribution in [0.15, 0.2) is 241 Å². The van der Waals surface area contributed by atoms with Gasteiger partial charge in [0.2, 0.25) is 0 Å². The van der Waals surface area contributed by atoms with E-state index in [-0.39, 0.29) is 0 Å². The summed E-state index contributed by atoms with van der Waals surface area (Å²) >= 11 is 0. The third kappa shape index (κ3) is 6.15. The predicted molar refractivity (Wildman–Crippen MR) is 282 cm³/mol. The van der Waals surface area contributed by atoms with Crippen LogP contribution in [0.3, 0.4) is 0 Å². The Kier molecular flexibility index (Phi) is 8.55. The van der Waals surface area contributed by atoms with Crippen LogP contribution in [-0.4, -0.2) is 14.4 Å². The maximum atomic E-state index is 6.51. The molecule has 0 aliphatic carbocycles. The summed E-state index contributed by atoms with van der Waals surface area (Å²) in [5.74, 6) is 0.708. The zero-order valence-electron chi connectivity index (χ0n) is 36.8. The largest absolute Gasteiger partial charge is 0.455 e. The Morgan fingerprint density at radius 3 is 1.41 bits per heavy atom. The average Bonchev–Trinajstić information content (AvgIpc) is 4.08. The number of hydrogen-bond acceptors (Lipinski definition) is 3. The van der Waals surface area contributed by atoms with Crippen LogP contribution in [0.4, 0.5) is 0 Å². The van der Waals surface area contributed by atoms with E-state index in [0.29, 0.717) is 5.82 Å². The van der Waals surface area contributed by atoms with Gasteiger partial charge in [-0.25, -0.2) is 9.97 Å². The van der Waals surface area contributed by atoms with Crippen molar-refractivity contribution in [3.8, 4) is 78.4 Å². The minimum absolute atomic E-state index is 0.708. The van der Waals surface area contributed by atoms with Crippen molar-refractivity contribution in [3.05, 3.63) is 237 Å². The number of hydrogen-bond donors (Lipinski definition) is 0. The predicted octanol–water partition coefficient (Wildman–Crippen LogP) is 17.2. The van der Waals surface area contributed by atoms with Crippen LogP contribution in [0.2, 0.25) is 0 Å². The summed E-state index contributed by atoms with van der Waals surface area (Å²) in [6.45, 7) is 0. The molecule has 4 heterocycles. The standard InChI is InChI=1S/C64H39N3O/c1-3-14-40(15-4-1)57-39-58(66-64(65-57)41-16-5-2-6-17-41)49-23-11-22-46(36-49)44-20-9-18-42(34-44)43-19-10-21-45(35-43)47-30-32-51-54-26-13-27-55-52-33-31-48(38-60(52)67(62(54)55)59(51)37-47)50-25-12-28-56-53-24-7-8-29-61(53)68-63(50)56/h1-39H. The van der Waals surface area contributed by atoms with Crippen molar-refractivity contribution < 1.29 is 4.42 Å². The molecule has 10 aromatic carbocycles. The minimum Gasteiger partial charge on any atom is -0.455 e. The molecule has 316 valence electrons. The molecule has 0 fully saturated rings. The molecule has 4 aromatic heterocycles. The Labute approximate surface area is 392 Å². The van der Waals surface area contributed by atoms with Gasteiger partial charge in [-0.15, -0.1) is 0 Å². The molecule has 0 amide bonds. The van der Waals surface area contributed by atoms with Gasteiger partial charge in [0, 0.05) is 54.6 Å². The van der Waals surface area contributed by atoms with Gasteiger partial charge in [0.15, 0.2) is 5.82 Å². The second-order valence-electron chi connectivity index (χ2n) is 17.7. The number of para-hydroxylation sites is 3. The number of furan rings is 1. The van der Waals surface area contributed by atoms with E-state index in [1.54, 1.807) is 0 Å². The lowest BCUT2D eigenvalue weighted by atomic mass is 9.95. The molecule has 0 spiro atoms. The fraction of sp³-hybridized carbons (Fsp3) is 0. The lowest BCUT2D eigenvalue weighted by Crippen LogP contribution is -1.96. The van der Waals surface area contributed by atoms with Crippen LogP contribution < -0.4 is 0 Å². The van der Waals surface area contributed by atoms with Gasteiger partial charge in [-0.2, -0.15) is 0 Å². The number of nitrogens with zero attached hydrogens (tertiary/aromatic N) is 3. The Morgan fingerprint density at radius 1 is 0.294 bits per heavy atom. The molecule has 68 heavy (non-hydrogen) atoms. The van der Waals surface area contributed by atoms with E-state index in [2.05, 4.69) is 211 Å². The quantitative estimate of drug-likeness (QED) is 0.160. The maximum absolute atomic E-state index is 6.51. The molecule has 0 aliphatic rings. The van der Waals surface area contributed by atoms with Crippen LogP contribution in [-0.2, 0) is 0 Å². The van der Waals surface area contributed by atoms with Crippen molar-refractivity contribution in [2.45, 2.75) is 0 Å². The highest BCUT2D eigenvalue weighted by Gasteiger charge is 2.20. The summed E-state index contributed by atoms with van der Waals surface area (Å²) in [7, 11) is 0. The molecule has 0 aliphatic heterocycles. The van der Waals surface area contributed by atoms with Gasteiger partial charge in [-0.3, -0.25) is 0 Å². The second-order valence-corrected chi connectivity index (χ2v) is 17.7. The van der Waals surface area contributed by atoms with Crippen LogP contribution >= 0.6 is 0 Å². The lowest BCUT2D eigenvalue weighted by molar-refractivity contribution is 0.670. The molecule has 14 aromatic rings. The molecule has 14 rings (SSSR count). The molecular formula is C64H39N3O. The van der Waals surface area contributed by atoms with Crippen molar-refractivity contribution >= 4 is 60.0 Å². The second kappa shape index (κ2) is 15.2. The smallest absolute Gasteiger partial charge is 0.160 e. The van der Waals surface area contributed by atoms with E-state index in [4.69, 9.17) is 14.4 Å². The zero-order valence-corrected chi connectivity index (χ0v) is 36.8. The molecule has 0 N–H and O–H groups in total. The van der Waals surface area contributed by atoms with Crippen molar-refractivity contribution in [2.75, 3.05) is 0 Å². The number of rotatable bonds is 7. The summed E-state index contributed by atoms with van der Waals surface area (Å²) in [5, 5.41) is 7.31. The van der Waals surface area contributed by atoms with Gasteiger partial charge >= 0.3 is 0 Å². The fourth-order valence-corrected chi connectivity index (χ4v) is 10.5. The van der Waals surface area contributed by atoms with Gasteiger partial charge in [0.25, 0.3) is 0 Å². The summed E-state index contributed by atoms with van der Waals surface area (Å²) in [5.41, 5.74) is 19.5. The number of fused-ring (bicyclic) bond motifs is 9. The van der Waals surface area contributed by atoms with E-state index in [9.17, 15) is 0 Å². The van der Waals surface area contributed by atoms with E-state index in [1.807, 2.05) is 30.3 Å². The molecule has 4 nitrogen and oxygen atoms in total. The summed E-state index contributed by atoms with van der Waals surface area (Å²) in [6, 6.07) is 84.5. The van der Waals surface area contributed by atoms with Crippen LogP contribution in [0.1, 0.15) is 0 Å². The maximum Gasteiger partial charge on any atom is 0.160 e. The van der Waals surface area contributed by atoms with Crippen molar-refractivity contribution in [2.24, 2.45) is 0 Å². The molecule has 0 atom stereocenters. The van der Waals surface area contributed by atoms with Gasteiger partial charge < -0.3 is 8.82 Å². The number of aromatic nitrogens is 3. The molecular weight excluding hydrogens is 827 g/mol. The molecule has 0 bridgehead atoms. The first kappa shape index (κ1) is 38.2. The van der Waals surface area contributed by atoms with Crippen molar-refractivity contribution in [3.63, 3.8) is 0 Å². The topological polar surface area (TPSA) is 43.3 Å². The van der Waals surface area contributed by atoms with Crippen LogP contribution in [0.5, 0.6) is 0 Å². The normalized spacial score (nSPS) is 11.8. The van der Waals surface area contributed by atoms with Gasteiger partial charge in [-0.1, -0.05) is 194 Å². The van der Waals surface area contributed by atoms with Gasteiger partial charge in [0.1, 0.15) is 11.2 Å². The molecule has 0 saturated heterocycles. The summed E-state index contributed by atoms with van der Waals surface area (Å²) in [4.78, 5) is 10.1. The monoisotopic (exact) mass is 865 g/mol. The third-order valence-corrected chi connectivity index (χ3v) is 13.7. The van der Waals surface area contributed by atoms with Crippen molar-refractivity contribution in [1.29, 1.82) is 0 Å². The first-order chi connectivity index (χ1) is 33.7. The molecule has 4 heteroatoms. The van der Waals surface area contributed by atoms with E-state index >= 15 is 0 Å². The Balaban J connectivity index is 0.839. The lowest BCUT2D eigenvalue weighted by Gasteiger charge is -2.12. The number of benzene rings is 10. The first-order valence-corrected chi connectivity index (χ1v) is 23.1. The SMILES string of the molecule is c1ccc(-c2cc(-c3cccc(-c4cccc(-c5cccc(-c6ccc7c8cccc9c%10ccc(-c%11cccc%12c%11oc%11ccccc%11%12)cc%10n(c7c6)c89)c5)c4)c3)nc(-c3ccccc3)n2)cc1. The average molecular weight is 866 g/mol. The highest BCUT2D eigenvalue weighted by Crippen LogP contribution is 2.43. The molecule has 0 radical (unpaired) electrons. The fourth-order valence-electron chi connectivity index (χ4n) is 10.5. The Hall–Kier alpha value is -9.12. The highest BCUT2D eigenvalue weighted by molar-refractivity contribution is 6.24. The Bertz CT molecular complexity index is 4200. The van der Waals surface area contributed by atoms with E-state index in [1.165, 1.54) is 54.8 Å². The summed E-state index contributed by atoms with van der Waals surface area (Å²) < 4.78 is 8.99. The highest BCUT2D eigenvalue weighted by atomic mass is 16.3. The van der Waals surface area contributed by atoms with E-state index in [0.717, 1.165) is 77.8 Å². The molecule has 0 unspecified atom stereocenters.